The molecular weight excluding hydrogens is 282 g/mol. The van der Waals surface area contributed by atoms with Crippen molar-refractivity contribution in [2.45, 2.75) is 39.0 Å². The molecule has 1 fully saturated rings. The highest BCUT2D eigenvalue weighted by Crippen LogP contribution is 2.42. The Kier molecular flexibility index (Phi) is 3.95. The molecule has 5 unspecified atom stereocenters. The van der Waals surface area contributed by atoms with Gasteiger partial charge in [-0.1, -0.05) is 6.92 Å². The van der Waals surface area contributed by atoms with E-state index in [0.717, 1.165) is 10.2 Å². The van der Waals surface area contributed by atoms with E-state index in [-0.39, 0.29) is 12.1 Å². The van der Waals surface area contributed by atoms with Crippen molar-refractivity contribution in [1.82, 2.24) is 5.32 Å². The first-order chi connectivity index (χ1) is 8.06. The zero-order valence-electron chi connectivity index (χ0n) is 10.7. The van der Waals surface area contributed by atoms with Crippen molar-refractivity contribution in [2.24, 2.45) is 11.8 Å². The zero-order valence-corrected chi connectivity index (χ0v) is 12.3. The van der Waals surface area contributed by atoms with Gasteiger partial charge in [0, 0.05) is 5.92 Å². The van der Waals surface area contributed by atoms with Crippen LogP contribution in [-0.4, -0.2) is 19.3 Å². The van der Waals surface area contributed by atoms with Gasteiger partial charge in [0.2, 0.25) is 0 Å². The quantitative estimate of drug-likeness (QED) is 0.929. The largest absolute Gasteiger partial charge is 0.466 e. The van der Waals surface area contributed by atoms with Crippen molar-refractivity contribution >= 4 is 15.9 Å². The lowest BCUT2D eigenvalue weighted by Gasteiger charge is -2.27. The van der Waals surface area contributed by atoms with E-state index in [1.54, 1.807) is 6.26 Å². The van der Waals surface area contributed by atoms with Gasteiger partial charge in [-0.25, -0.2) is 0 Å². The van der Waals surface area contributed by atoms with Crippen LogP contribution >= 0.6 is 15.9 Å². The lowest BCUT2D eigenvalue weighted by molar-refractivity contribution is 0.0468. The van der Waals surface area contributed by atoms with E-state index < -0.39 is 0 Å². The Morgan fingerprint density at radius 3 is 2.41 bits per heavy atom. The molecule has 0 radical (unpaired) electrons. The van der Waals surface area contributed by atoms with E-state index in [4.69, 9.17) is 9.15 Å². The molecule has 1 aromatic heterocycles. The molecule has 1 aliphatic heterocycles. The Labute approximate surface area is 111 Å². The second kappa shape index (κ2) is 5.12. The number of rotatable bonds is 3. The van der Waals surface area contributed by atoms with Gasteiger partial charge in [0.05, 0.1) is 29.0 Å². The summed E-state index contributed by atoms with van der Waals surface area (Å²) in [6.07, 6.45) is 2.27. The summed E-state index contributed by atoms with van der Waals surface area (Å²) >= 11 is 3.54. The molecule has 0 aromatic carbocycles. The second-order valence-corrected chi connectivity index (χ2v) is 5.74. The molecule has 1 N–H and O–H groups in total. The van der Waals surface area contributed by atoms with Crippen molar-refractivity contribution in [2.75, 3.05) is 7.05 Å². The third kappa shape index (κ3) is 2.30. The van der Waals surface area contributed by atoms with Crippen LogP contribution in [0.5, 0.6) is 0 Å². The summed E-state index contributed by atoms with van der Waals surface area (Å²) in [5, 5.41) is 3.36. The van der Waals surface area contributed by atoms with Gasteiger partial charge in [-0.05, 0) is 48.8 Å². The molecule has 1 aromatic rings. The van der Waals surface area contributed by atoms with E-state index in [1.807, 2.05) is 13.1 Å². The Morgan fingerprint density at radius 2 is 2.00 bits per heavy atom. The average molecular weight is 302 g/mol. The highest BCUT2D eigenvalue weighted by molar-refractivity contribution is 9.10. The maximum Gasteiger partial charge on any atom is 0.135 e. The fraction of sp³-hybridized carbons (Fsp3) is 0.692. The lowest BCUT2D eigenvalue weighted by Crippen LogP contribution is -2.33. The smallest absolute Gasteiger partial charge is 0.135 e. The molecule has 5 atom stereocenters. The number of hydrogen-bond donors (Lipinski definition) is 1. The lowest BCUT2D eigenvalue weighted by atomic mass is 9.82. The van der Waals surface area contributed by atoms with Crippen LogP contribution in [-0.2, 0) is 4.74 Å². The van der Waals surface area contributed by atoms with Crippen molar-refractivity contribution < 1.29 is 9.15 Å². The molecule has 0 saturated carbocycles. The van der Waals surface area contributed by atoms with Crippen molar-refractivity contribution in [3.8, 4) is 0 Å². The minimum Gasteiger partial charge on any atom is -0.466 e. The maximum atomic E-state index is 5.91. The highest BCUT2D eigenvalue weighted by atomic mass is 79.9. The van der Waals surface area contributed by atoms with E-state index in [1.165, 1.54) is 0 Å². The molecule has 0 bridgehead atoms. The van der Waals surface area contributed by atoms with Gasteiger partial charge in [0.25, 0.3) is 0 Å². The van der Waals surface area contributed by atoms with Crippen LogP contribution in [0.1, 0.15) is 32.6 Å². The molecule has 1 aliphatic rings. The first-order valence-electron chi connectivity index (χ1n) is 6.11. The number of halogens is 1. The Balaban J connectivity index is 2.27. The minimum absolute atomic E-state index is 0.189. The van der Waals surface area contributed by atoms with Crippen molar-refractivity contribution in [3.05, 3.63) is 22.6 Å². The second-order valence-electron chi connectivity index (χ2n) is 4.88. The summed E-state index contributed by atoms with van der Waals surface area (Å²) in [4.78, 5) is 0. The molecule has 3 nitrogen and oxygen atoms in total. The zero-order chi connectivity index (χ0) is 12.6. The van der Waals surface area contributed by atoms with Gasteiger partial charge >= 0.3 is 0 Å². The van der Waals surface area contributed by atoms with Crippen LogP contribution in [0.3, 0.4) is 0 Å². The third-order valence-corrected chi connectivity index (χ3v) is 4.60. The summed E-state index contributed by atoms with van der Waals surface area (Å²) < 4.78 is 12.5. The maximum absolute atomic E-state index is 5.91. The Hall–Kier alpha value is -0.320. The normalized spacial score (nSPS) is 35.1. The first-order valence-corrected chi connectivity index (χ1v) is 6.91. The Bertz CT molecular complexity index is 379. The van der Waals surface area contributed by atoms with E-state index in [9.17, 15) is 0 Å². The third-order valence-electron chi connectivity index (χ3n) is 3.94. The van der Waals surface area contributed by atoms with Crippen LogP contribution in [0.25, 0.3) is 0 Å². The van der Waals surface area contributed by atoms with Crippen molar-refractivity contribution in [1.29, 1.82) is 0 Å². The van der Waals surface area contributed by atoms with Gasteiger partial charge < -0.3 is 14.5 Å². The summed E-state index contributed by atoms with van der Waals surface area (Å²) in [5.41, 5.74) is 0. The van der Waals surface area contributed by atoms with Crippen LogP contribution in [0.4, 0.5) is 0 Å². The van der Waals surface area contributed by atoms with Crippen molar-refractivity contribution in [3.63, 3.8) is 0 Å². The summed E-state index contributed by atoms with van der Waals surface area (Å²) in [7, 11) is 1.97. The minimum atomic E-state index is 0.189. The topological polar surface area (TPSA) is 34.4 Å². The standard InChI is InChI=1S/C13H20BrNO2/c1-7-8(2)17-9(3)11(7)12(15-4)13-10(14)5-6-16-13/h5-9,11-12,15H,1-4H3. The van der Waals surface area contributed by atoms with E-state index in [0.29, 0.717) is 17.9 Å². The van der Waals surface area contributed by atoms with Crippen LogP contribution < -0.4 is 5.32 Å². The molecule has 0 aliphatic carbocycles. The highest BCUT2D eigenvalue weighted by Gasteiger charge is 2.43. The predicted octanol–water partition coefficient (Wildman–Crippen LogP) is 3.36. The molecule has 0 spiro atoms. The van der Waals surface area contributed by atoms with E-state index >= 15 is 0 Å². The monoisotopic (exact) mass is 301 g/mol. The molecule has 96 valence electrons. The fourth-order valence-corrected chi connectivity index (χ4v) is 3.34. The summed E-state index contributed by atoms with van der Waals surface area (Å²) in [6, 6.07) is 2.13. The van der Waals surface area contributed by atoms with Crippen LogP contribution in [0, 0.1) is 11.8 Å². The molecule has 1 saturated heterocycles. The van der Waals surface area contributed by atoms with Gasteiger partial charge in [0.1, 0.15) is 5.76 Å². The first kappa shape index (κ1) is 13.1. The number of hydrogen-bond acceptors (Lipinski definition) is 3. The summed E-state index contributed by atoms with van der Waals surface area (Å²) in [6.45, 7) is 6.54. The van der Waals surface area contributed by atoms with Crippen LogP contribution in [0.2, 0.25) is 0 Å². The Morgan fingerprint density at radius 1 is 1.29 bits per heavy atom. The molecule has 4 heteroatoms. The molecule has 0 amide bonds. The number of ether oxygens (including phenoxy) is 1. The molecular formula is C13H20BrNO2. The SMILES string of the molecule is CNC(c1occc1Br)C1C(C)OC(C)C1C. The number of nitrogens with one attached hydrogen (secondary N) is 1. The van der Waals surface area contributed by atoms with Gasteiger partial charge in [-0.15, -0.1) is 0 Å². The van der Waals surface area contributed by atoms with E-state index in [2.05, 4.69) is 42.0 Å². The van der Waals surface area contributed by atoms with Gasteiger partial charge in [-0.3, -0.25) is 0 Å². The summed E-state index contributed by atoms with van der Waals surface area (Å²) in [5.74, 6) is 1.91. The van der Waals surface area contributed by atoms with Gasteiger partial charge in [-0.2, -0.15) is 0 Å². The number of furan rings is 1. The average Bonchev–Trinajstić information content (AvgIpc) is 2.79. The fourth-order valence-electron chi connectivity index (χ4n) is 2.89. The van der Waals surface area contributed by atoms with Gasteiger partial charge in [0.15, 0.2) is 0 Å². The molecule has 17 heavy (non-hydrogen) atoms. The molecule has 2 rings (SSSR count). The predicted molar refractivity (Wildman–Crippen MR) is 70.9 cm³/mol. The molecule has 2 heterocycles. The van der Waals surface area contributed by atoms with Crippen LogP contribution in [0.15, 0.2) is 21.2 Å².